The molecular weight excluding hydrogens is 200 g/mol. The molecule has 2 rings (SSSR count). The summed E-state index contributed by atoms with van der Waals surface area (Å²) in [6.45, 7) is 4.29. The van der Waals surface area contributed by atoms with Crippen LogP contribution in [0.2, 0.25) is 0 Å². The minimum absolute atomic E-state index is 0.470. The number of hydrogen-bond acceptors (Lipinski definition) is 3. The molecule has 0 saturated heterocycles. The largest absolute Gasteiger partial charge is 0.363 e. The zero-order valence-corrected chi connectivity index (χ0v) is 9.27. The van der Waals surface area contributed by atoms with E-state index < -0.39 is 0 Å². The molecule has 2 aromatic rings. The van der Waals surface area contributed by atoms with E-state index in [1.54, 1.807) is 0 Å². The van der Waals surface area contributed by atoms with Crippen molar-refractivity contribution >= 4 is 0 Å². The van der Waals surface area contributed by atoms with Crippen molar-refractivity contribution in [2.75, 3.05) is 0 Å². The zero-order valence-electron chi connectivity index (χ0n) is 9.27. The van der Waals surface area contributed by atoms with Crippen LogP contribution in [0.25, 0.3) is 11.3 Å². The number of rotatable bonds is 2. The Morgan fingerprint density at radius 1 is 1.25 bits per heavy atom. The van der Waals surface area contributed by atoms with Crippen molar-refractivity contribution in [1.29, 1.82) is 5.26 Å². The second kappa shape index (κ2) is 4.19. The first-order chi connectivity index (χ1) is 7.72. The van der Waals surface area contributed by atoms with Crippen molar-refractivity contribution in [3.63, 3.8) is 0 Å². The summed E-state index contributed by atoms with van der Waals surface area (Å²) in [6, 6.07) is 10.1. The lowest BCUT2D eigenvalue weighted by Crippen LogP contribution is -1.87. The summed E-state index contributed by atoms with van der Waals surface area (Å²) >= 11 is 0. The molecule has 1 aromatic heterocycles. The fourth-order valence-electron chi connectivity index (χ4n) is 1.55. The Balaban J connectivity index is 2.39. The summed E-state index contributed by atoms with van der Waals surface area (Å²) in [5.74, 6) is 0.502. The maximum atomic E-state index is 8.86. The van der Waals surface area contributed by atoms with Gasteiger partial charge in [-0.3, -0.25) is 0 Å². The van der Waals surface area contributed by atoms with E-state index in [0.717, 1.165) is 5.56 Å². The topological polar surface area (TPSA) is 49.8 Å². The van der Waals surface area contributed by atoms with Gasteiger partial charge in [0.25, 0.3) is 0 Å². The molecule has 0 aliphatic rings. The number of nitrogens with zero attached hydrogens (tertiary/aromatic N) is 2. The molecule has 0 fully saturated rings. The number of benzene rings is 1. The Kier molecular flexibility index (Phi) is 2.74. The molecule has 0 atom stereocenters. The van der Waals surface area contributed by atoms with E-state index >= 15 is 0 Å². The second-order valence-corrected chi connectivity index (χ2v) is 3.97. The summed E-state index contributed by atoms with van der Waals surface area (Å²) in [7, 11) is 0. The van der Waals surface area contributed by atoms with Crippen molar-refractivity contribution in [1.82, 2.24) is 5.16 Å². The van der Waals surface area contributed by atoms with Crippen LogP contribution < -0.4 is 0 Å². The van der Waals surface area contributed by atoms with Crippen LogP contribution in [0.3, 0.4) is 0 Å². The number of nitriles is 1. The first-order valence-corrected chi connectivity index (χ1v) is 5.17. The SMILES string of the molecule is CC(C)c1ccc(-c2nocc2C#N)cc1. The van der Waals surface area contributed by atoms with Crippen molar-refractivity contribution < 1.29 is 4.52 Å². The normalized spacial score (nSPS) is 10.4. The summed E-state index contributed by atoms with van der Waals surface area (Å²) < 4.78 is 4.80. The van der Waals surface area contributed by atoms with Crippen molar-refractivity contribution in [3.8, 4) is 17.3 Å². The maximum absolute atomic E-state index is 8.86. The molecule has 0 radical (unpaired) electrons. The summed E-state index contributed by atoms with van der Waals surface area (Å²) in [5, 5.41) is 12.7. The third kappa shape index (κ3) is 1.82. The molecule has 0 bridgehead atoms. The number of hydrogen-bond donors (Lipinski definition) is 0. The molecule has 0 saturated carbocycles. The lowest BCUT2D eigenvalue weighted by atomic mass is 10.00. The quantitative estimate of drug-likeness (QED) is 0.767. The maximum Gasteiger partial charge on any atom is 0.142 e. The Hall–Kier alpha value is -2.08. The lowest BCUT2D eigenvalue weighted by molar-refractivity contribution is 0.422. The van der Waals surface area contributed by atoms with Crippen LogP contribution in [-0.4, -0.2) is 5.16 Å². The average molecular weight is 212 g/mol. The van der Waals surface area contributed by atoms with Crippen molar-refractivity contribution in [2.24, 2.45) is 0 Å². The molecule has 80 valence electrons. The molecule has 0 unspecified atom stereocenters. The molecule has 0 aliphatic heterocycles. The van der Waals surface area contributed by atoms with Crippen LogP contribution in [0.1, 0.15) is 30.9 Å². The first kappa shape index (κ1) is 10.4. The van der Waals surface area contributed by atoms with Gasteiger partial charge in [0.05, 0.1) is 0 Å². The van der Waals surface area contributed by atoms with Crippen LogP contribution >= 0.6 is 0 Å². The second-order valence-electron chi connectivity index (χ2n) is 3.97. The van der Waals surface area contributed by atoms with E-state index in [1.807, 2.05) is 12.1 Å². The van der Waals surface area contributed by atoms with E-state index in [0.29, 0.717) is 17.2 Å². The fourth-order valence-corrected chi connectivity index (χ4v) is 1.55. The zero-order chi connectivity index (χ0) is 11.5. The highest BCUT2D eigenvalue weighted by molar-refractivity contribution is 5.65. The molecule has 0 spiro atoms. The van der Waals surface area contributed by atoms with Gasteiger partial charge in [-0.2, -0.15) is 5.26 Å². The molecular formula is C13H12N2O. The Bertz CT molecular complexity index is 518. The van der Waals surface area contributed by atoms with E-state index in [4.69, 9.17) is 9.78 Å². The van der Waals surface area contributed by atoms with Crippen molar-refractivity contribution in [3.05, 3.63) is 41.7 Å². The van der Waals surface area contributed by atoms with Crippen LogP contribution in [-0.2, 0) is 0 Å². The van der Waals surface area contributed by atoms with Gasteiger partial charge in [0.15, 0.2) is 0 Å². The van der Waals surface area contributed by atoms with E-state index in [1.165, 1.54) is 11.8 Å². The summed E-state index contributed by atoms with van der Waals surface area (Å²) in [4.78, 5) is 0. The Morgan fingerprint density at radius 2 is 1.94 bits per heavy atom. The van der Waals surface area contributed by atoms with Gasteiger partial charge in [-0.1, -0.05) is 43.3 Å². The minimum Gasteiger partial charge on any atom is -0.363 e. The van der Waals surface area contributed by atoms with Gasteiger partial charge in [0.1, 0.15) is 23.6 Å². The summed E-state index contributed by atoms with van der Waals surface area (Å²) in [6.07, 6.45) is 1.37. The predicted octanol–water partition coefficient (Wildman–Crippen LogP) is 3.34. The van der Waals surface area contributed by atoms with Gasteiger partial charge in [-0.15, -0.1) is 0 Å². The van der Waals surface area contributed by atoms with E-state index in [9.17, 15) is 0 Å². The molecule has 0 aliphatic carbocycles. The molecule has 0 amide bonds. The monoisotopic (exact) mass is 212 g/mol. The first-order valence-electron chi connectivity index (χ1n) is 5.17. The highest BCUT2D eigenvalue weighted by atomic mass is 16.5. The lowest BCUT2D eigenvalue weighted by Gasteiger charge is -2.05. The van der Waals surface area contributed by atoms with Crippen LogP contribution in [0, 0.1) is 11.3 Å². The van der Waals surface area contributed by atoms with Gasteiger partial charge in [0, 0.05) is 5.56 Å². The molecule has 16 heavy (non-hydrogen) atoms. The average Bonchev–Trinajstić information content (AvgIpc) is 2.77. The molecule has 1 aromatic carbocycles. The fraction of sp³-hybridized carbons (Fsp3) is 0.231. The van der Waals surface area contributed by atoms with Gasteiger partial charge in [-0.05, 0) is 11.5 Å². The minimum atomic E-state index is 0.470. The van der Waals surface area contributed by atoms with Gasteiger partial charge in [0.2, 0.25) is 0 Å². The van der Waals surface area contributed by atoms with Gasteiger partial charge >= 0.3 is 0 Å². The molecule has 3 nitrogen and oxygen atoms in total. The third-order valence-electron chi connectivity index (χ3n) is 2.54. The van der Waals surface area contributed by atoms with E-state index in [2.05, 4.69) is 37.2 Å². The third-order valence-corrected chi connectivity index (χ3v) is 2.54. The highest BCUT2D eigenvalue weighted by Crippen LogP contribution is 2.23. The highest BCUT2D eigenvalue weighted by Gasteiger charge is 2.09. The Morgan fingerprint density at radius 3 is 2.50 bits per heavy atom. The van der Waals surface area contributed by atoms with Gasteiger partial charge in [-0.25, -0.2) is 0 Å². The van der Waals surface area contributed by atoms with Crippen molar-refractivity contribution in [2.45, 2.75) is 19.8 Å². The molecule has 0 N–H and O–H groups in total. The smallest absolute Gasteiger partial charge is 0.142 e. The standard InChI is InChI=1S/C13H12N2O/c1-9(2)10-3-5-11(6-4-10)13-12(7-14)8-16-15-13/h3-6,8-9H,1-2H3. The Labute approximate surface area is 94.3 Å². The number of aromatic nitrogens is 1. The van der Waals surface area contributed by atoms with Crippen LogP contribution in [0.15, 0.2) is 35.1 Å². The van der Waals surface area contributed by atoms with Gasteiger partial charge < -0.3 is 4.52 Å². The van der Waals surface area contributed by atoms with E-state index in [-0.39, 0.29) is 0 Å². The summed E-state index contributed by atoms with van der Waals surface area (Å²) in [5.41, 5.74) is 3.26. The molecule has 1 heterocycles. The predicted molar refractivity (Wildman–Crippen MR) is 60.7 cm³/mol. The van der Waals surface area contributed by atoms with Crippen LogP contribution in [0.5, 0.6) is 0 Å². The molecule has 3 heteroatoms. The van der Waals surface area contributed by atoms with Crippen LogP contribution in [0.4, 0.5) is 0 Å².